The van der Waals surface area contributed by atoms with Gasteiger partial charge in [-0.05, 0) is 156 Å². The summed E-state index contributed by atoms with van der Waals surface area (Å²) in [6.45, 7) is 21.5. The fourth-order valence-corrected chi connectivity index (χ4v) is 13.6. The molecule has 662 valence electrons. The molecule has 4 heterocycles. The minimum absolute atomic E-state index is 0.00350. The monoisotopic (exact) mass is 1670 g/mol. The van der Waals surface area contributed by atoms with Gasteiger partial charge in [-0.15, -0.1) is 0 Å². The minimum atomic E-state index is -5.08. The molecule has 0 radical (unpaired) electrons. The molecular weight excluding hydrogens is 1540 g/mol. The van der Waals surface area contributed by atoms with Crippen LogP contribution in [0.15, 0.2) is 60.7 Å². The summed E-state index contributed by atoms with van der Waals surface area (Å²) in [6, 6.07) is 2.73. The Bertz CT molecular complexity index is 3600. The van der Waals surface area contributed by atoms with Crippen LogP contribution in [0.2, 0.25) is 0 Å². The Balaban J connectivity index is 0.00000399. The SMILES string of the molecule is CC(C)C[C@@H]1NC(=O)[C@H](CCCN)NC(=O)[C@H](C(C)C)NC(=O)[C@@H]2CCCN2C(=O)[C@@H](Cc2ccccc2)NC(=O)[C@H](CC(C)C)NC(=O)[C@H](CCCN)NC(=O)[C@H](C(C)C)NC(=O)[C@H](CCCN)NC(=O)[C@H](CC(C)C)NC(=O)[C@@H]2O[C@H](CNC(=O)[C@H](C(C)C)NC(=O)[C@@H](CCCN)NC1=O)[C@H]2OCc1ccccc1.O=C(O)C(F)(F)F. The highest BCUT2D eigenvalue weighted by atomic mass is 19.4. The van der Waals surface area contributed by atoms with Crippen molar-refractivity contribution < 1.29 is 94.9 Å². The third kappa shape index (κ3) is 33.4. The maximum Gasteiger partial charge on any atom is 0.490 e. The molecule has 0 aromatic heterocycles. The number of hydrogen-bond acceptors (Lipinski definition) is 20. The molecule has 4 aliphatic rings. The molecule has 2 aromatic rings. The lowest BCUT2D eigenvalue weighted by Crippen LogP contribution is -2.66. The smallest absolute Gasteiger partial charge is 0.475 e. The van der Waals surface area contributed by atoms with Crippen LogP contribution < -0.4 is 86.7 Å². The summed E-state index contributed by atoms with van der Waals surface area (Å²) in [5, 5.41) is 40.9. The van der Waals surface area contributed by atoms with Gasteiger partial charge >= 0.3 is 12.1 Å². The Morgan fingerprint density at radius 1 is 0.449 bits per heavy atom. The van der Waals surface area contributed by atoms with E-state index in [0.717, 1.165) is 5.56 Å². The highest BCUT2D eigenvalue weighted by molar-refractivity contribution is 6.00. The van der Waals surface area contributed by atoms with Crippen LogP contribution in [0.5, 0.6) is 0 Å². The number of amides is 13. The summed E-state index contributed by atoms with van der Waals surface area (Å²) < 4.78 is 44.3. The molecule has 4 saturated heterocycles. The van der Waals surface area contributed by atoms with Gasteiger partial charge < -0.3 is 106 Å². The van der Waals surface area contributed by atoms with E-state index in [2.05, 4.69) is 63.8 Å². The van der Waals surface area contributed by atoms with Crippen LogP contribution >= 0.6 is 0 Å². The van der Waals surface area contributed by atoms with E-state index in [0.29, 0.717) is 12.0 Å². The topological polar surface area (TPSA) is 529 Å². The molecule has 0 unspecified atom stereocenters. The molecule has 15 atom stereocenters. The Kier molecular flexibility index (Phi) is 43.2. The first-order valence-corrected chi connectivity index (χ1v) is 41.0. The van der Waals surface area contributed by atoms with Crippen LogP contribution in [0, 0.1) is 35.5 Å². The lowest BCUT2D eigenvalue weighted by molar-refractivity contribution is -0.237. The van der Waals surface area contributed by atoms with E-state index in [4.69, 9.17) is 42.3 Å². The molecule has 6 rings (SSSR count). The second kappa shape index (κ2) is 50.5. The number of aliphatic carboxylic acids is 1. The Labute approximate surface area is 689 Å². The molecule has 4 fully saturated rings. The fourth-order valence-electron chi connectivity index (χ4n) is 13.6. The summed E-state index contributed by atoms with van der Waals surface area (Å²) in [5.41, 5.74) is 25.3. The normalized spacial score (nSPS) is 26.1. The standard InChI is InChI=1S/C79H129N17O15.C2HF3O2/c1-44(2)38-56-71(101)85-54(30-21-35-82)69(99)93-62(47(7)8)75(105)84-42-61-65(110-43-51-26-17-14-18-27-51)66(111-61)78(108)91-58(40-46(5)6)72(102)86-55(31-22-36-83)70(100)94-63(48(9)10)76(106)87-52(28-19-33-80)68(98)90-57(39-45(3)4)73(103)92-59(41-50-24-15-13-16-25-50)79(109)96-37-23-32-60(96)74(104)95-64(49(11)12)77(107)88-53(29-20-34-81)67(97)89-56;3-2(4,5)1(6)7/h13-18,24-27,44-49,52-66H,19-23,28-43,80-83H2,1-12H3,(H,84,105)(H,85,101)(H,86,102)(H,87,106)(H,88,107)(H,89,97)(H,90,98)(H,91,108)(H,92,103)(H,93,99)(H,94,100)(H,95,104);(H,6,7)/t52-,53-,54+,55-,56-,57-,58-,59+,60-,61+,62-,63-,64-,65+,66+;/m0./s1. The first kappa shape index (κ1) is 101. The van der Waals surface area contributed by atoms with Crippen molar-refractivity contribution in [1.82, 2.24) is 68.7 Å². The number of carboxylic acid groups (broad SMARTS) is 1. The molecule has 34 nitrogen and oxygen atoms in total. The van der Waals surface area contributed by atoms with Crippen molar-refractivity contribution in [3.63, 3.8) is 0 Å². The van der Waals surface area contributed by atoms with E-state index in [1.54, 1.807) is 71.9 Å². The summed E-state index contributed by atoms with van der Waals surface area (Å²) in [4.78, 5) is 201. The quantitative estimate of drug-likeness (QED) is 0.0577. The van der Waals surface area contributed by atoms with Gasteiger partial charge in [0.2, 0.25) is 70.9 Å². The number of alkyl halides is 3. The van der Waals surface area contributed by atoms with Gasteiger partial charge in [-0.25, -0.2) is 4.79 Å². The van der Waals surface area contributed by atoms with Crippen LogP contribution in [0.4, 0.5) is 13.2 Å². The van der Waals surface area contributed by atoms with Gasteiger partial charge in [0, 0.05) is 19.5 Å². The van der Waals surface area contributed by atoms with Gasteiger partial charge in [0.05, 0.1) is 6.61 Å². The second-order valence-corrected chi connectivity index (χ2v) is 32.6. The van der Waals surface area contributed by atoms with Crippen LogP contribution in [0.3, 0.4) is 0 Å². The van der Waals surface area contributed by atoms with Crippen molar-refractivity contribution in [2.75, 3.05) is 39.3 Å². The average molecular weight is 1670 g/mol. The number of carboxylic acids is 1. The Hall–Kier alpha value is -9.43. The second-order valence-electron chi connectivity index (χ2n) is 32.6. The zero-order valence-corrected chi connectivity index (χ0v) is 70.1. The van der Waals surface area contributed by atoms with Crippen LogP contribution in [0.25, 0.3) is 0 Å². The number of ether oxygens (including phenoxy) is 2. The zero-order valence-electron chi connectivity index (χ0n) is 70.1. The van der Waals surface area contributed by atoms with Crippen molar-refractivity contribution in [1.29, 1.82) is 0 Å². The predicted molar refractivity (Wildman–Crippen MR) is 433 cm³/mol. The van der Waals surface area contributed by atoms with E-state index in [-0.39, 0.29) is 147 Å². The number of hydrogen-bond donors (Lipinski definition) is 17. The number of nitrogens with one attached hydrogen (secondary N) is 12. The highest BCUT2D eigenvalue weighted by Gasteiger charge is 2.50. The van der Waals surface area contributed by atoms with Gasteiger partial charge in [-0.2, -0.15) is 13.2 Å². The van der Waals surface area contributed by atoms with E-state index in [9.17, 15) is 70.7 Å². The van der Waals surface area contributed by atoms with Crippen LogP contribution in [0.1, 0.15) is 178 Å². The van der Waals surface area contributed by atoms with Crippen molar-refractivity contribution in [2.24, 2.45) is 58.4 Å². The number of nitrogens with two attached hydrogens (primary N) is 4. The molecular formula is C81H130F3N17O17. The third-order valence-electron chi connectivity index (χ3n) is 20.1. The molecule has 2 aromatic carbocycles. The molecule has 0 spiro atoms. The van der Waals surface area contributed by atoms with E-state index >= 15 is 4.79 Å². The summed E-state index contributed by atoms with van der Waals surface area (Å²) in [7, 11) is 0. The van der Waals surface area contributed by atoms with Gasteiger partial charge in [-0.1, -0.05) is 144 Å². The van der Waals surface area contributed by atoms with Crippen molar-refractivity contribution in [3.8, 4) is 0 Å². The molecule has 13 amide bonds. The summed E-state index contributed by atoms with van der Waals surface area (Å²) >= 11 is 0. The number of carbonyl (C=O) groups excluding carboxylic acids is 13. The third-order valence-corrected chi connectivity index (χ3v) is 20.1. The van der Waals surface area contributed by atoms with E-state index in [1.165, 1.54) is 4.90 Å². The molecule has 4 aliphatic heterocycles. The summed E-state index contributed by atoms with van der Waals surface area (Å²) in [6.07, 6.45) is -6.62. The first-order chi connectivity index (χ1) is 55.7. The first-order valence-electron chi connectivity index (χ1n) is 41.0. The molecule has 21 N–H and O–H groups in total. The predicted octanol–water partition coefficient (Wildman–Crippen LogP) is 0.731. The minimum Gasteiger partial charge on any atom is -0.475 e. The highest BCUT2D eigenvalue weighted by Crippen LogP contribution is 2.28. The number of halogens is 3. The lowest BCUT2D eigenvalue weighted by Gasteiger charge is -2.44. The maximum atomic E-state index is 15.2. The number of benzene rings is 2. The molecule has 118 heavy (non-hydrogen) atoms. The maximum absolute atomic E-state index is 15.2. The van der Waals surface area contributed by atoms with Crippen molar-refractivity contribution in [2.45, 2.75) is 277 Å². The van der Waals surface area contributed by atoms with Gasteiger partial charge in [0.25, 0.3) is 5.91 Å². The molecule has 2 bridgehead atoms. The number of rotatable bonds is 26. The van der Waals surface area contributed by atoms with Gasteiger partial charge in [0.15, 0.2) is 6.10 Å². The van der Waals surface area contributed by atoms with E-state index in [1.807, 2.05) is 71.9 Å². The molecule has 37 heteroatoms. The number of carbonyl (C=O) groups is 14. The summed E-state index contributed by atoms with van der Waals surface area (Å²) in [5.74, 6) is -14.6. The van der Waals surface area contributed by atoms with Crippen LogP contribution in [-0.4, -0.2) is 229 Å². The van der Waals surface area contributed by atoms with Crippen molar-refractivity contribution >= 4 is 82.8 Å². The number of fused-ring (bicyclic) bond motifs is 35. The van der Waals surface area contributed by atoms with Crippen molar-refractivity contribution in [3.05, 3.63) is 71.8 Å². The Morgan fingerprint density at radius 2 is 0.771 bits per heavy atom. The Morgan fingerprint density at radius 3 is 1.14 bits per heavy atom. The van der Waals surface area contributed by atoms with Gasteiger partial charge in [-0.3, -0.25) is 62.3 Å². The van der Waals surface area contributed by atoms with Crippen LogP contribution in [-0.2, 0) is 89.6 Å². The molecule has 0 saturated carbocycles. The molecule has 0 aliphatic carbocycles. The zero-order chi connectivity index (χ0) is 88.3. The fraction of sp³-hybridized carbons (Fsp3) is 0.679. The average Bonchev–Trinajstić information content (AvgIpc) is 0.886. The number of nitrogens with zero attached hydrogens (tertiary/aromatic N) is 1. The van der Waals surface area contributed by atoms with Gasteiger partial charge in [0.1, 0.15) is 84.7 Å². The van der Waals surface area contributed by atoms with E-state index < -0.39 is 198 Å². The lowest BCUT2D eigenvalue weighted by atomic mass is 9.96. The largest absolute Gasteiger partial charge is 0.490 e.